The van der Waals surface area contributed by atoms with E-state index in [2.05, 4.69) is 31.4 Å². The average Bonchev–Trinajstić information content (AvgIpc) is 2.62. The molecule has 1 fully saturated rings. The van der Waals surface area contributed by atoms with Crippen LogP contribution in [0.2, 0.25) is 0 Å². The van der Waals surface area contributed by atoms with Gasteiger partial charge in [0.15, 0.2) is 15.8 Å². The maximum absolute atomic E-state index is 11.8. The zero-order chi connectivity index (χ0) is 21.7. The highest BCUT2D eigenvalue weighted by atomic mass is 127. The van der Waals surface area contributed by atoms with Gasteiger partial charge in [0.05, 0.1) is 17.5 Å². The fourth-order valence-electron chi connectivity index (χ4n) is 3.98. The van der Waals surface area contributed by atoms with Crippen molar-refractivity contribution in [3.63, 3.8) is 0 Å². The number of aryl methyl sites for hydroxylation is 1. The molecular weight excluding hydrogens is 513 g/mol. The van der Waals surface area contributed by atoms with Gasteiger partial charge in [-0.05, 0) is 49.3 Å². The van der Waals surface area contributed by atoms with E-state index < -0.39 is 9.84 Å². The number of benzene rings is 1. The summed E-state index contributed by atoms with van der Waals surface area (Å²) in [6.07, 6.45) is 3.72. The highest BCUT2D eigenvalue weighted by molar-refractivity contribution is 14.0. The van der Waals surface area contributed by atoms with Crippen molar-refractivity contribution in [1.82, 2.24) is 10.6 Å². The molecule has 2 N–H and O–H groups in total. The number of halogens is 1. The molecule has 0 spiro atoms. The standard InChI is InChI=1S/C22H37N3O3S.HI/c1-7-23-21(25-15-18-9-8-12-28-20(18)22(3,4)5)24-14-17-10-11-19(16(2)13-17)29(6,26)27;/h10-11,13,18,20H,7-9,12,14-15H2,1-6H3,(H2,23,24,25);1H. The van der Waals surface area contributed by atoms with Gasteiger partial charge in [-0.25, -0.2) is 13.4 Å². The summed E-state index contributed by atoms with van der Waals surface area (Å²) in [5.74, 6) is 1.22. The van der Waals surface area contributed by atoms with Gasteiger partial charge in [0, 0.05) is 31.9 Å². The molecule has 1 aromatic carbocycles. The molecule has 0 aliphatic carbocycles. The van der Waals surface area contributed by atoms with Gasteiger partial charge in [0.1, 0.15) is 0 Å². The van der Waals surface area contributed by atoms with Gasteiger partial charge in [0.25, 0.3) is 0 Å². The predicted octanol–water partition coefficient (Wildman–Crippen LogP) is 3.91. The van der Waals surface area contributed by atoms with Gasteiger partial charge in [-0.1, -0.05) is 32.9 Å². The second-order valence-corrected chi connectivity index (χ2v) is 11.0. The SMILES string of the molecule is CCNC(=NCc1ccc(S(C)(=O)=O)c(C)c1)NCC1CCCOC1C(C)(C)C.I. The van der Waals surface area contributed by atoms with Crippen LogP contribution >= 0.6 is 24.0 Å². The Kier molecular flexibility index (Phi) is 10.6. The second-order valence-electron chi connectivity index (χ2n) is 9.01. The first-order valence-electron chi connectivity index (χ1n) is 10.5. The third-order valence-electron chi connectivity index (χ3n) is 5.23. The van der Waals surface area contributed by atoms with Crippen LogP contribution in [0.1, 0.15) is 51.7 Å². The summed E-state index contributed by atoms with van der Waals surface area (Å²) in [5, 5.41) is 6.77. The smallest absolute Gasteiger partial charge is 0.191 e. The Morgan fingerprint density at radius 1 is 1.27 bits per heavy atom. The number of rotatable bonds is 6. The molecule has 2 rings (SSSR count). The van der Waals surface area contributed by atoms with Crippen molar-refractivity contribution in [1.29, 1.82) is 0 Å². The lowest BCUT2D eigenvalue weighted by molar-refractivity contribution is -0.0835. The van der Waals surface area contributed by atoms with Crippen LogP contribution in [-0.4, -0.2) is 46.4 Å². The molecule has 2 atom stereocenters. The van der Waals surface area contributed by atoms with E-state index in [1.807, 2.05) is 26.0 Å². The lowest BCUT2D eigenvalue weighted by Gasteiger charge is -2.40. The highest BCUT2D eigenvalue weighted by Crippen LogP contribution is 2.33. The van der Waals surface area contributed by atoms with E-state index in [0.29, 0.717) is 17.4 Å². The van der Waals surface area contributed by atoms with Crippen molar-refractivity contribution in [2.45, 2.75) is 65.0 Å². The lowest BCUT2D eigenvalue weighted by atomic mass is 9.78. The number of aliphatic imine (C=N–C) groups is 1. The number of hydrogen-bond acceptors (Lipinski definition) is 4. The van der Waals surface area contributed by atoms with E-state index in [1.165, 1.54) is 6.26 Å². The predicted molar refractivity (Wildman–Crippen MR) is 134 cm³/mol. The van der Waals surface area contributed by atoms with Crippen molar-refractivity contribution in [2.75, 3.05) is 26.0 Å². The van der Waals surface area contributed by atoms with Crippen molar-refractivity contribution < 1.29 is 13.2 Å². The summed E-state index contributed by atoms with van der Waals surface area (Å²) in [6, 6.07) is 5.40. The van der Waals surface area contributed by atoms with Crippen LogP contribution in [0.4, 0.5) is 0 Å². The molecule has 1 heterocycles. The van der Waals surface area contributed by atoms with Crippen LogP contribution in [0, 0.1) is 18.3 Å². The normalized spacial score (nSPS) is 20.4. The van der Waals surface area contributed by atoms with Crippen LogP contribution in [0.5, 0.6) is 0 Å². The molecule has 0 amide bonds. The highest BCUT2D eigenvalue weighted by Gasteiger charge is 2.35. The fraction of sp³-hybridized carbons (Fsp3) is 0.682. The van der Waals surface area contributed by atoms with E-state index >= 15 is 0 Å². The first kappa shape index (κ1) is 27.2. The molecule has 2 unspecified atom stereocenters. The molecule has 0 bridgehead atoms. The maximum Gasteiger partial charge on any atom is 0.191 e. The number of sulfone groups is 1. The molecule has 1 aliphatic rings. The minimum absolute atomic E-state index is 0. The Bertz CT molecular complexity index is 819. The number of nitrogens with one attached hydrogen (secondary N) is 2. The fourth-order valence-corrected chi connectivity index (χ4v) is 4.93. The number of nitrogens with zero attached hydrogens (tertiary/aromatic N) is 1. The molecule has 30 heavy (non-hydrogen) atoms. The Balaban J connectivity index is 0.00000450. The van der Waals surface area contributed by atoms with Gasteiger partial charge >= 0.3 is 0 Å². The monoisotopic (exact) mass is 551 g/mol. The molecule has 172 valence electrons. The zero-order valence-electron chi connectivity index (χ0n) is 19.1. The van der Waals surface area contributed by atoms with Gasteiger partial charge in [-0.2, -0.15) is 0 Å². The van der Waals surface area contributed by atoms with Crippen LogP contribution in [-0.2, 0) is 21.1 Å². The Morgan fingerprint density at radius 2 is 1.97 bits per heavy atom. The average molecular weight is 552 g/mol. The molecule has 1 saturated heterocycles. The van der Waals surface area contributed by atoms with Gasteiger partial charge < -0.3 is 15.4 Å². The van der Waals surface area contributed by atoms with Crippen molar-refractivity contribution >= 4 is 39.8 Å². The second kappa shape index (κ2) is 11.7. The quantitative estimate of drug-likeness (QED) is 0.319. The Hall–Kier alpha value is -0.870. The molecule has 1 aromatic rings. The van der Waals surface area contributed by atoms with Crippen molar-refractivity contribution in [3.8, 4) is 0 Å². The van der Waals surface area contributed by atoms with Crippen molar-refractivity contribution in [2.24, 2.45) is 16.3 Å². The maximum atomic E-state index is 11.8. The lowest BCUT2D eigenvalue weighted by Crippen LogP contribution is -2.47. The Labute approximate surface area is 199 Å². The van der Waals surface area contributed by atoms with Crippen molar-refractivity contribution in [3.05, 3.63) is 29.3 Å². The summed E-state index contributed by atoms with van der Waals surface area (Å²) < 4.78 is 29.7. The summed E-state index contributed by atoms with van der Waals surface area (Å²) >= 11 is 0. The van der Waals surface area contributed by atoms with Gasteiger partial charge in [-0.15, -0.1) is 24.0 Å². The molecule has 6 nitrogen and oxygen atoms in total. The van der Waals surface area contributed by atoms with E-state index in [1.54, 1.807) is 6.07 Å². The van der Waals surface area contributed by atoms with E-state index in [9.17, 15) is 8.42 Å². The first-order chi connectivity index (χ1) is 13.5. The Morgan fingerprint density at radius 3 is 2.53 bits per heavy atom. The minimum Gasteiger partial charge on any atom is -0.377 e. The summed E-state index contributed by atoms with van der Waals surface area (Å²) in [5.41, 5.74) is 1.85. The summed E-state index contributed by atoms with van der Waals surface area (Å²) in [6.45, 7) is 13.5. The molecule has 0 saturated carbocycles. The van der Waals surface area contributed by atoms with Crippen LogP contribution in [0.25, 0.3) is 0 Å². The third kappa shape index (κ3) is 8.00. The zero-order valence-corrected chi connectivity index (χ0v) is 22.3. The van der Waals surface area contributed by atoms with Crippen LogP contribution in [0.15, 0.2) is 28.1 Å². The van der Waals surface area contributed by atoms with Crippen LogP contribution in [0.3, 0.4) is 0 Å². The molecule has 8 heteroatoms. The molecule has 1 aliphatic heterocycles. The topological polar surface area (TPSA) is 79.8 Å². The molecule has 0 aromatic heterocycles. The van der Waals surface area contributed by atoms with E-state index in [4.69, 9.17) is 9.73 Å². The van der Waals surface area contributed by atoms with Gasteiger partial charge in [-0.3, -0.25) is 0 Å². The minimum atomic E-state index is -3.20. The van der Waals surface area contributed by atoms with E-state index in [-0.39, 0.29) is 35.5 Å². The van der Waals surface area contributed by atoms with E-state index in [0.717, 1.165) is 49.6 Å². The van der Waals surface area contributed by atoms with Crippen LogP contribution < -0.4 is 10.6 Å². The summed E-state index contributed by atoms with van der Waals surface area (Å²) in [7, 11) is -3.20. The molecule has 0 radical (unpaired) electrons. The number of guanidine groups is 1. The number of hydrogen-bond donors (Lipinski definition) is 2. The third-order valence-corrected chi connectivity index (χ3v) is 6.49. The number of ether oxygens (including phenoxy) is 1. The first-order valence-corrected chi connectivity index (χ1v) is 12.3. The summed E-state index contributed by atoms with van der Waals surface area (Å²) in [4.78, 5) is 5.07. The molecular formula is C22H38IN3O3S. The largest absolute Gasteiger partial charge is 0.377 e. The van der Waals surface area contributed by atoms with Gasteiger partial charge in [0.2, 0.25) is 0 Å².